The lowest BCUT2D eigenvalue weighted by molar-refractivity contribution is -0.274. The maximum absolute atomic E-state index is 12.0. The highest BCUT2D eigenvalue weighted by Gasteiger charge is 2.30. The van der Waals surface area contributed by atoms with Gasteiger partial charge in [0, 0.05) is 6.20 Å². The van der Waals surface area contributed by atoms with Crippen LogP contribution in [0, 0.1) is 0 Å². The molecule has 0 saturated carbocycles. The van der Waals surface area contributed by atoms with Crippen LogP contribution in [0.1, 0.15) is 16.1 Å². The predicted molar refractivity (Wildman–Crippen MR) is 65.8 cm³/mol. The van der Waals surface area contributed by atoms with E-state index in [9.17, 15) is 18.0 Å². The monoisotopic (exact) mass is 301 g/mol. The highest BCUT2D eigenvalue weighted by Crippen LogP contribution is 2.23. The number of benzene rings is 1. The summed E-state index contributed by atoms with van der Waals surface area (Å²) in [5.41, 5.74) is 5.84. The number of alkyl halides is 3. The fraction of sp³-hybridized carbons (Fsp3) is 0.167. The van der Waals surface area contributed by atoms with Gasteiger partial charge in [0.05, 0.1) is 12.2 Å². The minimum Gasteiger partial charge on any atom is -0.476 e. The van der Waals surface area contributed by atoms with Gasteiger partial charge in [-0.15, -0.1) is 13.2 Å². The van der Waals surface area contributed by atoms with E-state index in [1.807, 2.05) is 0 Å². The molecule has 0 bridgehead atoms. The van der Waals surface area contributed by atoms with Gasteiger partial charge in [-0.1, -0.05) is 12.1 Å². The van der Waals surface area contributed by atoms with E-state index in [1.54, 1.807) is 0 Å². The molecular formula is C12H10F3N3O3. The molecule has 0 radical (unpaired) electrons. The third kappa shape index (κ3) is 3.88. The van der Waals surface area contributed by atoms with Crippen molar-refractivity contribution in [3.8, 4) is 5.75 Å². The van der Waals surface area contributed by atoms with Crippen molar-refractivity contribution in [2.75, 3.05) is 5.73 Å². The average molecular weight is 301 g/mol. The number of carboxylic acids is 1. The third-order valence-electron chi connectivity index (χ3n) is 2.49. The van der Waals surface area contributed by atoms with Gasteiger partial charge in [-0.25, -0.2) is 4.79 Å². The van der Waals surface area contributed by atoms with E-state index in [2.05, 4.69) is 9.84 Å². The van der Waals surface area contributed by atoms with Crippen molar-refractivity contribution in [3.63, 3.8) is 0 Å². The summed E-state index contributed by atoms with van der Waals surface area (Å²) in [5.74, 6) is -1.59. The Morgan fingerprint density at radius 3 is 2.43 bits per heavy atom. The largest absolute Gasteiger partial charge is 0.573 e. The molecule has 0 amide bonds. The number of hydrogen-bond acceptors (Lipinski definition) is 4. The number of aromatic carboxylic acids is 1. The van der Waals surface area contributed by atoms with Gasteiger partial charge in [-0.3, -0.25) is 4.68 Å². The minimum absolute atomic E-state index is 0.0134. The molecule has 6 nitrogen and oxygen atoms in total. The fourth-order valence-corrected chi connectivity index (χ4v) is 1.67. The van der Waals surface area contributed by atoms with Gasteiger partial charge in [0.25, 0.3) is 0 Å². The lowest BCUT2D eigenvalue weighted by atomic mass is 10.2. The summed E-state index contributed by atoms with van der Waals surface area (Å²) in [5, 5.41) is 12.6. The second-order valence-electron chi connectivity index (χ2n) is 4.13. The summed E-state index contributed by atoms with van der Waals surface area (Å²) in [6.45, 7) is 0.170. The van der Waals surface area contributed by atoms with Crippen LogP contribution in [0.4, 0.5) is 18.9 Å². The van der Waals surface area contributed by atoms with Gasteiger partial charge in [0.2, 0.25) is 0 Å². The summed E-state index contributed by atoms with van der Waals surface area (Å²) >= 11 is 0. The van der Waals surface area contributed by atoms with Crippen LogP contribution in [-0.4, -0.2) is 27.2 Å². The van der Waals surface area contributed by atoms with Crippen molar-refractivity contribution in [1.29, 1.82) is 0 Å². The van der Waals surface area contributed by atoms with Crippen LogP contribution < -0.4 is 10.5 Å². The predicted octanol–water partition coefficient (Wildman–Crippen LogP) is 2.11. The van der Waals surface area contributed by atoms with Gasteiger partial charge in [0.15, 0.2) is 5.69 Å². The number of rotatable bonds is 4. The summed E-state index contributed by atoms with van der Waals surface area (Å²) in [6.07, 6.45) is -3.40. The smallest absolute Gasteiger partial charge is 0.476 e. The number of hydrogen-bond donors (Lipinski definition) is 2. The first-order chi connectivity index (χ1) is 9.74. The zero-order valence-electron chi connectivity index (χ0n) is 10.5. The van der Waals surface area contributed by atoms with Gasteiger partial charge < -0.3 is 15.6 Å². The van der Waals surface area contributed by atoms with E-state index in [-0.39, 0.29) is 23.7 Å². The molecule has 9 heteroatoms. The number of anilines is 1. The highest BCUT2D eigenvalue weighted by atomic mass is 19.4. The molecule has 1 heterocycles. The zero-order chi connectivity index (χ0) is 15.6. The van der Waals surface area contributed by atoms with Gasteiger partial charge >= 0.3 is 12.3 Å². The lowest BCUT2D eigenvalue weighted by Gasteiger charge is -2.09. The van der Waals surface area contributed by atoms with Crippen LogP contribution in [0.25, 0.3) is 0 Å². The lowest BCUT2D eigenvalue weighted by Crippen LogP contribution is -2.17. The number of carbonyl (C=O) groups is 1. The number of carboxylic acid groups (broad SMARTS) is 1. The number of nitrogens with two attached hydrogens (primary N) is 1. The van der Waals surface area contributed by atoms with Crippen LogP contribution in [0.2, 0.25) is 0 Å². The summed E-state index contributed by atoms with van der Waals surface area (Å²) in [7, 11) is 0. The molecule has 0 aliphatic rings. The van der Waals surface area contributed by atoms with Crippen molar-refractivity contribution in [3.05, 3.63) is 41.7 Å². The van der Waals surface area contributed by atoms with E-state index in [1.165, 1.54) is 23.0 Å². The Bertz CT molecular complexity index is 650. The fourth-order valence-electron chi connectivity index (χ4n) is 1.67. The van der Waals surface area contributed by atoms with Crippen molar-refractivity contribution in [2.45, 2.75) is 12.9 Å². The Kier molecular flexibility index (Phi) is 3.74. The van der Waals surface area contributed by atoms with Crippen molar-refractivity contribution in [1.82, 2.24) is 9.78 Å². The van der Waals surface area contributed by atoms with E-state index in [0.29, 0.717) is 5.56 Å². The first kappa shape index (κ1) is 14.7. The molecule has 0 atom stereocenters. The molecule has 0 saturated heterocycles. The van der Waals surface area contributed by atoms with Crippen LogP contribution in [0.3, 0.4) is 0 Å². The second kappa shape index (κ2) is 5.35. The van der Waals surface area contributed by atoms with Crippen LogP contribution in [0.5, 0.6) is 5.75 Å². The maximum Gasteiger partial charge on any atom is 0.573 e. The number of nitrogens with zero attached hydrogens (tertiary/aromatic N) is 2. The molecule has 1 aromatic heterocycles. The van der Waals surface area contributed by atoms with Crippen LogP contribution in [-0.2, 0) is 6.54 Å². The number of nitrogen functional groups attached to an aromatic ring is 1. The van der Waals surface area contributed by atoms with Crippen LogP contribution in [0.15, 0.2) is 30.5 Å². The molecule has 0 fully saturated rings. The zero-order valence-corrected chi connectivity index (χ0v) is 10.5. The van der Waals surface area contributed by atoms with Gasteiger partial charge in [-0.2, -0.15) is 5.10 Å². The Balaban J connectivity index is 2.10. The van der Waals surface area contributed by atoms with Crippen LogP contribution >= 0.6 is 0 Å². The molecule has 2 aromatic rings. The van der Waals surface area contributed by atoms with E-state index >= 15 is 0 Å². The van der Waals surface area contributed by atoms with Crippen molar-refractivity contribution in [2.24, 2.45) is 0 Å². The Labute approximate surface area is 116 Å². The molecular weight excluding hydrogens is 291 g/mol. The molecule has 0 aliphatic heterocycles. The molecule has 2 rings (SSSR count). The normalized spacial score (nSPS) is 11.4. The first-order valence-electron chi connectivity index (χ1n) is 5.65. The maximum atomic E-state index is 12.0. The van der Waals surface area contributed by atoms with Gasteiger partial charge in [-0.05, 0) is 17.7 Å². The molecule has 112 valence electrons. The summed E-state index contributed by atoms with van der Waals surface area (Å²) in [6, 6.07) is 5.15. The quantitative estimate of drug-likeness (QED) is 0.902. The minimum atomic E-state index is -4.74. The Morgan fingerprint density at radius 1 is 1.33 bits per heavy atom. The molecule has 1 aromatic carbocycles. The van der Waals surface area contributed by atoms with Crippen molar-refractivity contribution < 1.29 is 27.8 Å². The molecule has 3 N–H and O–H groups in total. The van der Waals surface area contributed by atoms with E-state index < -0.39 is 12.3 Å². The number of ether oxygens (including phenoxy) is 1. The van der Waals surface area contributed by atoms with Gasteiger partial charge in [0.1, 0.15) is 5.75 Å². The SMILES string of the molecule is Nc1cn(Cc2ccc(OC(F)(F)F)cc2)nc1C(=O)O. The number of halogens is 3. The van der Waals surface area contributed by atoms with Crippen molar-refractivity contribution >= 4 is 11.7 Å². The first-order valence-corrected chi connectivity index (χ1v) is 5.65. The molecule has 0 aliphatic carbocycles. The van der Waals surface area contributed by atoms with E-state index in [0.717, 1.165) is 12.1 Å². The number of aromatic nitrogens is 2. The van der Waals surface area contributed by atoms with E-state index in [4.69, 9.17) is 10.8 Å². The molecule has 0 spiro atoms. The Hall–Kier alpha value is -2.71. The summed E-state index contributed by atoms with van der Waals surface area (Å²) < 4.78 is 41.0. The third-order valence-corrected chi connectivity index (χ3v) is 2.49. The highest BCUT2D eigenvalue weighted by molar-refractivity contribution is 5.91. The molecule has 0 unspecified atom stereocenters. The Morgan fingerprint density at radius 2 is 1.95 bits per heavy atom. The average Bonchev–Trinajstić information content (AvgIpc) is 2.71. The second-order valence-corrected chi connectivity index (χ2v) is 4.13. The standard InChI is InChI=1S/C12H10F3N3O3/c13-12(14,15)21-8-3-1-7(2-4-8)5-18-6-9(16)10(17-18)11(19)20/h1-4,6H,5,16H2,(H,19,20). The molecule has 21 heavy (non-hydrogen) atoms. The topological polar surface area (TPSA) is 90.4 Å². The summed E-state index contributed by atoms with van der Waals surface area (Å²) in [4.78, 5) is 10.8.